The molecule has 1 aliphatic heterocycles. The summed E-state index contributed by atoms with van der Waals surface area (Å²) in [5.41, 5.74) is -1.42. The zero-order valence-electron chi connectivity index (χ0n) is 17.8. The highest BCUT2D eigenvalue weighted by atomic mass is 19.4. The number of rotatable bonds is 4. The number of benzene rings is 1. The van der Waals surface area contributed by atoms with E-state index in [0.29, 0.717) is 5.56 Å². The molecule has 0 spiro atoms. The lowest BCUT2D eigenvalue weighted by Gasteiger charge is -2.17. The molecule has 1 aliphatic carbocycles. The van der Waals surface area contributed by atoms with Gasteiger partial charge in [-0.3, -0.25) is 4.79 Å². The predicted molar refractivity (Wildman–Crippen MR) is 105 cm³/mol. The molecule has 0 fully saturated rings. The van der Waals surface area contributed by atoms with Crippen molar-refractivity contribution >= 4 is 5.78 Å². The molecular formula is C22H15F6N3O4. The van der Waals surface area contributed by atoms with E-state index in [1.807, 2.05) is 0 Å². The van der Waals surface area contributed by atoms with Crippen LogP contribution in [0.3, 0.4) is 0 Å². The van der Waals surface area contributed by atoms with Gasteiger partial charge in [0.2, 0.25) is 0 Å². The molecule has 0 amide bonds. The van der Waals surface area contributed by atoms with Gasteiger partial charge < -0.3 is 14.2 Å². The number of Topliss-reactive ketones (excluding diaryl/α,β-unsaturated/α-hetero) is 1. The van der Waals surface area contributed by atoms with Crippen molar-refractivity contribution < 1.29 is 45.3 Å². The Hall–Kier alpha value is -3.77. The maximum atomic E-state index is 14.4. The van der Waals surface area contributed by atoms with E-state index in [0.717, 1.165) is 16.9 Å². The number of hydrogen-bond donors (Lipinski definition) is 0. The number of ketones is 1. The zero-order valence-corrected chi connectivity index (χ0v) is 17.8. The zero-order chi connectivity index (χ0) is 25.1. The summed E-state index contributed by atoms with van der Waals surface area (Å²) >= 11 is 0. The highest BCUT2D eigenvalue weighted by Crippen LogP contribution is 2.43. The van der Waals surface area contributed by atoms with Crippen molar-refractivity contribution in [3.05, 3.63) is 58.9 Å². The molecule has 7 nitrogen and oxygen atoms in total. The van der Waals surface area contributed by atoms with E-state index >= 15 is 0 Å². The number of alkyl halides is 5. The van der Waals surface area contributed by atoms with E-state index in [1.165, 1.54) is 25.1 Å². The summed E-state index contributed by atoms with van der Waals surface area (Å²) in [6.45, 7) is 1.49. The average molecular weight is 499 g/mol. The monoisotopic (exact) mass is 499 g/mol. The van der Waals surface area contributed by atoms with Gasteiger partial charge in [-0.05, 0) is 37.5 Å². The van der Waals surface area contributed by atoms with Gasteiger partial charge in [0, 0.05) is 18.1 Å². The molecule has 2 aliphatic rings. The predicted octanol–water partition coefficient (Wildman–Crippen LogP) is 5.41. The van der Waals surface area contributed by atoms with Crippen LogP contribution in [0.25, 0.3) is 5.69 Å². The Bertz CT molecular complexity index is 1340. The van der Waals surface area contributed by atoms with E-state index in [4.69, 9.17) is 4.74 Å². The minimum atomic E-state index is -4.79. The Morgan fingerprint density at radius 1 is 1.14 bits per heavy atom. The fourth-order valence-corrected chi connectivity index (χ4v) is 4.03. The number of hydrogen-bond acceptors (Lipinski definition) is 6. The molecule has 1 aromatic carbocycles. The molecule has 0 radical (unpaired) electrons. The summed E-state index contributed by atoms with van der Waals surface area (Å²) in [7, 11) is 0. The maximum absolute atomic E-state index is 14.4. The third-order valence-corrected chi connectivity index (χ3v) is 5.58. The summed E-state index contributed by atoms with van der Waals surface area (Å²) in [6, 6.07) is 4.93. The number of ether oxygens (including phenoxy) is 3. The lowest BCUT2D eigenvalue weighted by molar-refractivity contribution is -0.286. The van der Waals surface area contributed by atoms with Crippen LogP contribution in [0.5, 0.6) is 17.2 Å². The van der Waals surface area contributed by atoms with Gasteiger partial charge in [0.15, 0.2) is 28.7 Å². The fraction of sp³-hybridized carbons (Fsp3) is 0.318. The van der Waals surface area contributed by atoms with Crippen LogP contribution >= 0.6 is 0 Å². The van der Waals surface area contributed by atoms with Crippen molar-refractivity contribution in [2.75, 3.05) is 0 Å². The second-order valence-corrected chi connectivity index (χ2v) is 7.98. The first-order valence-corrected chi connectivity index (χ1v) is 10.4. The molecule has 2 aromatic heterocycles. The van der Waals surface area contributed by atoms with Gasteiger partial charge >= 0.3 is 12.5 Å². The van der Waals surface area contributed by atoms with Crippen molar-refractivity contribution in [3.63, 3.8) is 0 Å². The summed E-state index contributed by atoms with van der Waals surface area (Å²) in [4.78, 5) is 16.0. The van der Waals surface area contributed by atoms with Gasteiger partial charge in [-0.25, -0.2) is 9.67 Å². The summed E-state index contributed by atoms with van der Waals surface area (Å²) in [5, 5.41) is 3.60. The Kier molecular flexibility index (Phi) is 5.18. The van der Waals surface area contributed by atoms with Crippen LogP contribution in [0.2, 0.25) is 0 Å². The molecule has 35 heavy (non-hydrogen) atoms. The van der Waals surface area contributed by atoms with Crippen LogP contribution in [-0.4, -0.2) is 26.8 Å². The van der Waals surface area contributed by atoms with Crippen LogP contribution < -0.4 is 14.2 Å². The number of carbonyl (C=O) groups excluding carboxylic acids is 1. The summed E-state index contributed by atoms with van der Waals surface area (Å²) < 4.78 is 96.6. The molecule has 13 heteroatoms. The molecule has 0 N–H and O–H groups in total. The molecule has 5 rings (SSSR count). The van der Waals surface area contributed by atoms with Gasteiger partial charge in [-0.15, -0.1) is 8.78 Å². The van der Waals surface area contributed by atoms with Crippen molar-refractivity contribution in [2.24, 2.45) is 0 Å². The van der Waals surface area contributed by atoms with E-state index in [1.54, 1.807) is 0 Å². The average Bonchev–Trinajstić information content (AvgIpc) is 3.31. The summed E-state index contributed by atoms with van der Waals surface area (Å²) in [5.74, 6) is -2.46. The number of carbonyl (C=O) groups is 1. The molecule has 184 valence electrons. The molecule has 1 atom stereocenters. The van der Waals surface area contributed by atoms with Crippen molar-refractivity contribution in [1.82, 2.24) is 14.8 Å². The Morgan fingerprint density at radius 3 is 2.63 bits per heavy atom. The van der Waals surface area contributed by atoms with Crippen LogP contribution in [0, 0.1) is 5.95 Å². The number of aromatic nitrogens is 3. The van der Waals surface area contributed by atoms with Gasteiger partial charge in [0.1, 0.15) is 11.8 Å². The lowest BCUT2D eigenvalue weighted by Crippen LogP contribution is -2.25. The standard InChI is InChI=1S/C22H15F6N3O4/c1-10(11-5-6-15-16(7-11)35-22(27,28)34-15)33-17-8-12(9-29-20(17)23)31-18-13(3-2-4-14(18)32)19(30-31)21(24,25)26/h5-10H,2-4H2,1H3/t10-/m0/s1. The highest BCUT2D eigenvalue weighted by Gasteiger charge is 2.44. The Morgan fingerprint density at radius 2 is 1.89 bits per heavy atom. The van der Waals surface area contributed by atoms with E-state index < -0.39 is 41.7 Å². The smallest absolute Gasteiger partial charge is 0.481 e. The van der Waals surface area contributed by atoms with Gasteiger partial charge in [-0.2, -0.15) is 22.7 Å². The van der Waals surface area contributed by atoms with Crippen LogP contribution in [-0.2, 0) is 12.6 Å². The van der Waals surface area contributed by atoms with E-state index in [-0.39, 0.29) is 47.7 Å². The van der Waals surface area contributed by atoms with Crippen LogP contribution in [0.1, 0.15) is 53.2 Å². The lowest BCUT2D eigenvalue weighted by atomic mass is 9.94. The SMILES string of the molecule is C[C@H](Oc1cc(-n2nc(C(F)(F)F)c3c2C(=O)CCC3)cnc1F)c1ccc2c(c1)OC(F)(F)O2. The quantitative estimate of drug-likeness (QED) is 0.353. The third-order valence-electron chi connectivity index (χ3n) is 5.58. The first kappa shape index (κ1) is 23.0. The first-order valence-electron chi connectivity index (χ1n) is 10.4. The molecule has 3 aromatic rings. The van der Waals surface area contributed by atoms with Gasteiger partial charge in [0.05, 0.1) is 11.9 Å². The third kappa shape index (κ3) is 4.15. The topological polar surface area (TPSA) is 75.5 Å². The summed E-state index contributed by atoms with van der Waals surface area (Å²) in [6.07, 6.45) is -8.25. The normalized spacial score (nSPS) is 17.3. The van der Waals surface area contributed by atoms with Crippen LogP contribution in [0.15, 0.2) is 30.5 Å². The molecule has 3 heterocycles. The minimum absolute atomic E-state index is 0.0219. The maximum Gasteiger partial charge on any atom is 0.586 e. The van der Waals surface area contributed by atoms with E-state index in [9.17, 15) is 31.1 Å². The number of halogens is 6. The molecule has 0 saturated heterocycles. The minimum Gasteiger partial charge on any atom is -0.481 e. The number of pyridine rings is 1. The number of fused-ring (bicyclic) bond motifs is 2. The molecular weight excluding hydrogens is 484 g/mol. The van der Waals surface area contributed by atoms with Crippen molar-refractivity contribution in [3.8, 4) is 22.9 Å². The van der Waals surface area contributed by atoms with E-state index in [2.05, 4.69) is 19.6 Å². The highest BCUT2D eigenvalue weighted by molar-refractivity contribution is 5.97. The second-order valence-electron chi connectivity index (χ2n) is 7.98. The molecule has 0 bridgehead atoms. The largest absolute Gasteiger partial charge is 0.586 e. The van der Waals surface area contributed by atoms with Crippen molar-refractivity contribution in [1.29, 1.82) is 0 Å². The first-order chi connectivity index (χ1) is 16.4. The van der Waals surface area contributed by atoms with Gasteiger partial charge in [-0.1, -0.05) is 6.07 Å². The molecule has 0 saturated carbocycles. The fourth-order valence-electron chi connectivity index (χ4n) is 4.03. The second kappa shape index (κ2) is 7.89. The Balaban J connectivity index is 1.48. The van der Waals surface area contributed by atoms with Crippen molar-refractivity contribution in [2.45, 2.75) is 44.8 Å². The number of nitrogens with zero attached hydrogens (tertiary/aromatic N) is 3. The molecule has 0 unspecified atom stereocenters. The van der Waals surface area contributed by atoms with Crippen LogP contribution in [0.4, 0.5) is 26.3 Å². The Labute approximate surface area is 193 Å². The van der Waals surface area contributed by atoms with Gasteiger partial charge in [0.25, 0.3) is 5.95 Å².